The van der Waals surface area contributed by atoms with E-state index in [0.717, 1.165) is 36.4 Å². The number of phenolic OH excluding ortho intramolecular Hbond substituents is 5. The lowest BCUT2D eigenvalue weighted by Gasteiger charge is -2.31. The Morgan fingerprint density at radius 2 is 1.13 bits per heavy atom. The van der Waals surface area contributed by atoms with Crippen LogP contribution in [0, 0.1) is 0 Å². The second kappa shape index (κ2) is 26.1. The molecule has 0 fully saturated rings. The minimum atomic E-state index is -2.13. The number of amides is 6. The second-order valence-electron chi connectivity index (χ2n) is 21.1. The van der Waals surface area contributed by atoms with Crippen molar-refractivity contribution in [3.63, 3.8) is 0 Å². The summed E-state index contributed by atoms with van der Waals surface area (Å²) in [5, 5.41) is 84.5. The molecule has 0 spiro atoms. The summed E-state index contributed by atoms with van der Waals surface area (Å²) in [5.74, 6) is -12.3. The van der Waals surface area contributed by atoms with Crippen LogP contribution in [0.1, 0.15) is 75.3 Å². The molecule has 7 aromatic carbocycles. The van der Waals surface area contributed by atoms with Gasteiger partial charge in [-0.1, -0.05) is 79.3 Å². The molecule has 0 saturated heterocycles. The van der Waals surface area contributed by atoms with Crippen LogP contribution in [0.3, 0.4) is 0 Å². The van der Waals surface area contributed by atoms with Gasteiger partial charge in [0, 0.05) is 45.9 Å². The number of aliphatic hydroxyl groups excluding tert-OH is 1. The third kappa shape index (κ3) is 13.1. The molecule has 25 nitrogen and oxygen atoms in total. The summed E-state index contributed by atoms with van der Waals surface area (Å²) < 4.78 is 30.9. The first-order valence-corrected chi connectivity index (χ1v) is 30.6. The number of hydrogen-bond acceptors (Lipinski definition) is 19. The summed E-state index contributed by atoms with van der Waals surface area (Å²) in [5.41, 5.74) is 5.11. The van der Waals surface area contributed by atoms with Gasteiger partial charge in [-0.2, -0.15) is 0 Å². The third-order valence-corrected chi connectivity index (χ3v) is 16.3. The van der Waals surface area contributed by atoms with Crippen LogP contribution in [0.15, 0.2) is 115 Å². The highest BCUT2D eigenvalue weighted by atomic mass is 79.9. The Balaban J connectivity index is 1.16. The fourth-order valence-corrected chi connectivity index (χ4v) is 11.5. The molecule has 7 aromatic rings. The molecule has 0 radical (unpaired) electrons. The number of alkyl halides is 2. The van der Waals surface area contributed by atoms with E-state index in [2.05, 4.69) is 63.8 Å². The number of aliphatic hydroxyl groups is 1. The van der Waals surface area contributed by atoms with Crippen LogP contribution in [-0.2, 0) is 44.7 Å². The van der Waals surface area contributed by atoms with Crippen LogP contribution in [-0.4, -0.2) is 108 Å². The molecule has 0 saturated carbocycles. The number of nitrogens with two attached hydrogens (primary N) is 1. The Kier molecular flexibility index (Phi) is 18.1. The molecule has 29 heteroatoms. The van der Waals surface area contributed by atoms with Crippen molar-refractivity contribution in [2.24, 2.45) is 5.73 Å². The number of benzene rings is 7. The number of rotatable bonds is 6. The Labute approximate surface area is 541 Å². The number of fused-ring (bicyclic) bond motifs is 14. The number of carbonyl (C=O) groups excluding carboxylic acids is 7. The summed E-state index contributed by atoms with van der Waals surface area (Å²) >= 11 is 20.6. The fraction of sp³-hybridized carbons (Fsp3) is 0.210. The minimum Gasteiger partial charge on any atom is -0.508 e. The molecular formula is C62H51Br2Cl2N7O18. The van der Waals surface area contributed by atoms with Crippen LogP contribution in [0.2, 0.25) is 10.0 Å². The van der Waals surface area contributed by atoms with E-state index < -0.39 is 119 Å². The SMILES string of the molecule is N[C@H]1C(=O)N[C@@H]2Cc3ccc(c(Cl)c3)Oc3cc4cc(c3OCCBr)Oc3ccc(cc3Cl)[C@@H](O)[C@@H]3NC(=O)[C@H](NC(=O)[C@@H]4NC(=O)[C@@H](NC2=O)c2cc(O)cc(c2)Oc2cc1ccc2O)c1ccc(O)c(c1)-c1c(O)cc(O)cc1[C@H](C(=O)OCCBr)NC3=O. The normalized spacial score (nSPS) is 21.3. The second-order valence-corrected chi connectivity index (χ2v) is 23.5. The van der Waals surface area contributed by atoms with Gasteiger partial charge in [0.15, 0.2) is 29.0 Å². The maximum absolute atomic E-state index is 16.0. The summed E-state index contributed by atoms with van der Waals surface area (Å²) in [6, 6.07) is 10.0. The Morgan fingerprint density at radius 3 is 1.81 bits per heavy atom. The van der Waals surface area contributed by atoms with Gasteiger partial charge in [-0.25, -0.2) is 4.79 Å². The van der Waals surface area contributed by atoms with Gasteiger partial charge in [0.2, 0.25) is 41.2 Å². The summed E-state index contributed by atoms with van der Waals surface area (Å²) in [7, 11) is 0. The van der Waals surface area contributed by atoms with Gasteiger partial charge in [-0.3, -0.25) is 28.8 Å². The van der Waals surface area contributed by atoms with E-state index in [1.807, 2.05) is 0 Å². The standard InChI is InChI=1S/C62H51Br2Cl2N7O18/c63-9-11-87-55-45-20-30-21-46(55)91-43-8-4-28(18-37(43)66)54(79)53-61(85)72-52(62(86)88-12-10-64)35-23-32(75)24-41(78)47(35)34-17-27(3-5-39(34)76)49(58(82)73-53)70-60(84)51(30)71-59(83)50-29-15-31(74)22-33(16-29)89-44-19-26(2-6-40(44)77)48(67)57(81)68-38(56(80)69-50)14-25-1-7-42(90-45)36(65)13-25/h1-8,13,15-24,38,48-54,74-79H,9-12,14,67H2,(H,68,81)(H,69,80)(H,70,84)(H,71,83)(H,72,85)(H,73,82)/t38-,48-,49-,50+,51-,52-,53+,54-/m1/s1. The lowest BCUT2D eigenvalue weighted by Crippen LogP contribution is -2.55. The van der Waals surface area contributed by atoms with Crippen molar-refractivity contribution in [1.29, 1.82) is 0 Å². The molecule has 0 aromatic heterocycles. The molecule has 470 valence electrons. The highest BCUT2D eigenvalue weighted by Gasteiger charge is 2.42. The summed E-state index contributed by atoms with van der Waals surface area (Å²) in [4.78, 5) is 105. The fourth-order valence-electron chi connectivity index (χ4n) is 10.7. The van der Waals surface area contributed by atoms with E-state index >= 15 is 19.2 Å². The molecule has 14 N–H and O–H groups in total. The highest BCUT2D eigenvalue weighted by Crippen LogP contribution is 2.49. The number of esters is 1. The smallest absolute Gasteiger partial charge is 0.333 e. The zero-order valence-corrected chi connectivity index (χ0v) is 51.5. The number of hydrogen-bond donors (Lipinski definition) is 13. The van der Waals surface area contributed by atoms with Crippen molar-refractivity contribution in [2.75, 3.05) is 23.9 Å². The Bertz CT molecular complexity index is 4160. The van der Waals surface area contributed by atoms with Crippen molar-refractivity contribution in [2.45, 2.75) is 54.8 Å². The van der Waals surface area contributed by atoms with E-state index in [9.17, 15) is 45.0 Å². The number of carbonyl (C=O) groups is 7. The largest absolute Gasteiger partial charge is 0.508 e. The molecule has 0 aliphatic carbocycles. The molecule has 6 amide bonds. The van der Waals surface area contributed by atoms with Crippen molar-refractivity contribution in [3.05, 3.63) is 164 Å². The number of aromatic hydroxyl groups is 5. The van der Waals surface area contributed by atoms with E-state index in [1.165, 1.54) is 78.9 Å². The first-order chi connectivity index (χ1) is 43.5. The molecular weight excluding hydrogens is 1360 g/mol. The average molecular weight is 1410 g/mol. The van der Waals surface area contributed by atoms with Gasteiger partial charge in [-0.05, 0) is 112 Å². The van der Waals surface area contributed by atoms with E-state index in [4.69, 9.17) is 52.6 Å². The van der Waals surface area contributed by atoms with Crippen molar-refractivity contribution in [1.82, 2.24) is 31.9 Å². The predicted molar refractivity (Wildman–Crippen MR) is 330 cm³/mol. The number of phenols is 5. The van der Waals surface area contributed by atoms with Gasteiger partial charge >= 0.3 is 5.97 Å². The molecule has 17 bridgehead atoms. The summed E-state index contributed by atoms with van der Waals surface area (Å²) in [6.45, 7) is -0.323. The number of ether oxygens (including phenoxy) is 5. The van der Waals surface area contributed by atoms with Gasteiger partial charge < -0.3 is 92.0 Å². The molecule has 8 atom stereocenters. The van der Waals surface area contributed by atoms with E-state index in [-0.39, 0.29) is 125 Å². The molecule has 0 unspecified atom stereocenters. The van der Waals surface area contributed by atoms with Crippen molar-refractivity contribution in [3.8, 4) is 80.1 Å². The molecule has 6 aliphatic heterocycles. The maximum Gasteiger partial charge on any atom is 0.333 e. The topological polar surface area (TPSA) is 385 Å². The maximum atomic E-state index is 16.0. The molecule has 6 aliphatic rings. The third-order valence-electron chi connectivity index (χ3n) is 15.1. The Morgan fingerprint density at radius 1 is 0.538 bits per heavy atom. The number of halogens is 4. The highest BCUT2D eigenvalue weighted by molar-refractivity contribution is 9.09. The van der Waals surface area contributed by atoms with Crippen molar-refractivity contribution < 1.29 is 87.9 Å². The van der Waals surface area contributed by atoms with E-state index in [1.54, 1.807) is 0 Å². The van der Waals surface area contributed by atoms with Crippen LogP contribution >= 0.6 is 55.1 Å². The monoisotopic (exact) mass is 1410 g/mol. The first kappa shape index (κ1) is 63.1. The van der Waals surface area contributed by atoms with Gasteiger partial charge in [0.25, 0.3) is 0 Å². The van der Waals surface area contributed by atoms with Crippen LogP contribution in [0.25, 0.3) is 11.1 Å². The van der Waals surface area contributed by atoms with Crippen LogP contribution in [0.5, 0.6) is 69.0 Å². The lowest BCUT2D eigenvalue weighted by atomic mass is 9.89. The predicted octanol–water partition coefficient (Wildman–Crippen LogP) is 6.91. The van der Waals surface area contributed by atoms with Crippen LogP contribution < -0.4 is 56.6 Å². The lowest BCUT2D eigenvalue weighted by molar-refractivity contribution is -0.148. The van der Waals surface area contributed by atoms with Crippen LogP contribution in [0.4, 0.5) is 0 Å². The molecule has 91 heavy (non-hydrogen) atoms. The Hall–Kier alpha value is -9.51. The average Bonchev–Trinajstić information content (AvgIpc) is 0.866. The zero-order valence-electron chi connectivity index (χ0n) is 46.8. The summed E-state index contributed by atoms with van der Waals surface area (Å²) in [6.07, 6.45) is -2.39. The van der Waals surface area contributed by atoms with Gasteiger partial charge in [0.1, 0.15) is 89.2 Å². The van der Waals surface area contributed by atoms with Gasteiger partial charge in [-0.15, -0.1) is 0 Å². The minimum absolute atomic E-state index is 0.0453. The quantitative estimate of drug-likeness (QED) is 0.0594. The zero-order chi connectivity index (χ0) is 64.7. The van der Waals surface area contributed by atoms with Crippen molar-refractivity contribution >= 4 is 96.5 Å². The first-order valence-electron chi connectivity index (χ1n) is 27.6. The van der Waals surface area contributed by atoms with E-state index in [0.29, 0.717) is 5.56 Å². The van der Waals surface area contributed by atoms with Gasteiger partial charge in [0.05, 0.1) is 16.7 Å². The number of nitrogens with one attached hydrogen (secondary N) is 6. The molecule has 13 rings (SSSR count). The molecule has 6 heterocycles.